The van der Waals surface area contributed by atoms with Gasteiger partial charge in [-0.2, -0.15) is 0 Å². The Morgan fingerprint density at radius 1 is 0.867 bits per heavy atom. The molecule has 1 amide bonds. The molecule has 1 heterocycles. The number of rotatable bonds is 4. The third-order valence-electron chi connectivity index (χ3n) is 5.22. The van der Waals surface area contributed by atoms with Crippen molar-refractivity contribution in [3.8, 4) is 17.1 Å². The van der Waals surface area contributed by atoms with Gasteiger partial charge in [-0.05, 0) is 62.6 Å². The molecule has 0 aliphatic heterocycles. The monoisotopic (exact) mass is 396 g/mol. The maximum Gasteiger partial charge on any atom is 0.295 e. The van der Waals surface area contributed by atoms with Crippen molar-refractivity contribution in [3.05, 3.63) is 94.8 Å². The molecule has 4 rings (SSSR count). The highest BCUT2D eigenvalue weighted by Crippen LogP contribution is 2.23. The van der Waals surface area contributed by atoms with Gasteiger partial charge in [0, 0.05) is 11.3 Å². The maximum absolute atomic E-state index is 13.0. The van der Waals surface area contributed by atoms with Gasteiger partial charge in [-0.15, -0.1) is 5.10 Å². The summed E-state index contributed by atoms with van der Waals surface area (Å²) in [6.07, 6.45) is 0. The Balaban J connectivity index is 1.77. The third kappa shape index (κ3) is 3.87. The van der Waals surface area contributed by atoms with Crippen LogP contribution in [-0.4, -0.2) is 20.7 Å². The Morgan fingerprint density at radius 3 is 2.33 bits per heavy atom. The second-order valence-corrected chi connectivity index (χ2v) is 7.58. The van der Waals surface area contributed by atoms with E-state index in [2.05, 4.69) is 15.4 Å². The van der Waals surface area contributed by atoms with Crippen molar-refractivity contribution in [1.29, 1.82) is 0 Å². The van der Waals surface area contributed by atoms with Crippen LogP contribution >= 0.6 is 0 Å². The standard InChI is InChI=1S/C25H24N4O/c1-16-11-13-20(14-12-16)24-27-23(28-29(24)21-9-5-7-17(2)15-21)25(30)26-22-10-6-8-18(3)19(22)4/h5-15H,1-4H3,(H,26,30). The molecule has 30 heavy (non-hydrogen) atoms. The van der Waals surface area contributed by atoms with Gasteiger partial charge in [0.05, 0.1) is 5.69 Å². The van der Waals surface area contributed by atoms with Gasteiger partial charge in [0.25, 0.3) is 5.91 Å². The molecule has 4 aromatic rings. The van der Waals surface area contributed by atoms with Gasteiger partial charge in [-0.3, -0.25) is 4.79 Å². The molecule has 1 N–H and O–H groups in total. The number of aromatic nitrogens is 3. The zero-order valence-electron chi connectivity index (χ0n) is 17.6. The predicted octanol–water partition coefficient (Wildman–Crippen LogP) is 5.42. The van der Waals surface area contributed by atoms with Crippen LogP contribution in [-0.2, 0) is 0 Å². The predicted molar refractivity (Wildman–Crippen MR) is 120 cm³/mol. The van der Waals surface area contributed by atoms with Gasteiger partial charge in [0.15, 0.2) is 5.82 Å². The average molecular weight is 396 g/mol. The topological polar surface area (TPSA) is 59.8 Å². The fourth-order valence-corrected chi connectivity index (χ4v) is 3.30. The van der Waals surface area contributed by atoms with Crippen molar-refractivity contribution < 1.29 is 4.79 Å². The molecule has 0 saturated carbocycles. The molecule has 150 valence electrons. The number of carbonyl (C=O) groups is 1. The van der Waals surface area contributed by atoms with Crippen molar-refractivity contribution in [2.75, 3.05) is 5.32 Å². The van der Waals surface area contributed by atoms with E-state index < -0.39 is 0 Å². The summed E-state index contributed by atoms with van der Waals surface area (Å²) in [5.74, 6) is 0.433. The lowest BCUT2D eigenvalue weighted by Gasteiger charge is -2.08. The van der Waals surface area contributed by atoms with Crippen molar-refractivity contribution >= 4 is 11.6 Å². The van der Waals surface area contributed by atoms with Gasteiger partial charge in [-0.25, -0.2) is 9.67 Å². The Hall–Kier alpha value is -3.73. The first-order chi connectivity index (χ1) is 14.4. The number of amides is 1. The molecule has 5 heteroatoms. The van der Waals surface area contributed by atoms with Crippen LogP contribution in [0.25, 0.3) is 17.1 Å². The molecule has 0 atom stereocenters. The summed E-state index contributed by atoms with van der Waals surface area (Å²) in [5.41, 5.74) is 6.95. The van der Waals surface area contributed by atoms with E-state index in [0.29, 0.717) is 5.82 Å². The Bertz CT molecular complexity index is 1220. The van der Waals surface area contributed by atoms with Gasteiger partial charge in [0.1, 0.15) is 0 Å². The van der Waals surface area contributed by atoms with Crippen LogP contribution in [0.5, 0.6) is 0 Å². The van der Waals surface area contributed by atoms with Gasteiger partial charge < -0.3 is 5.32 Å². The van der Waals surface area contributed by atoms with Crippen LogP contribution in [0.3, 0.4) is 0 Å². The number of carbonyl (C=O) groups excluding carboxylic acids is 1. The molecule has 0 unspecified atom stereocenters. The summed E-state index contributed by atoms with van der Waals surface area (Å²) in [6, 6.07) is 21.9. The molecule has 0 fully saturated rings. The first-order valence-corrected chi connectivity index (χ1v) is 9.91. The van der Waals surface area contributed by atoms with Crippen molar-refractivity contribution in [2.24, 2.45) is 0 Å². The average Bonchev–Trinajstić information content (AvgIpc) is 3.18. The second kappa shape index (κ2) is 7.95. The van der Waals surface area contributed by atoms with Crippen LogP contribution in [0, 0.1) is 27.7 Å². The number of hydrogen-bond acceptors (Lipinski definition) is 3. The maximum atomic E-state index is 13.0. The molecular formula is C25H24N4O. The zero-order valence-corrected chi connectivity index (χ0v) is 17.6. The van der Waals surface area contributed by atoms with E-state index in [0.717, 1.165) is 39.2 Å². The molecular weight excluding hydrogens is 372 g/mol. The zero-order chi connectivity index (χ0) is 21.3. The molecule has 0 radical (unpaired) electrons. The molecule has 3 aromatic carbocycles. The van der Waals surface area contributed by atoms with Gasteiger partial charge in [-0.1, -0.05) is 54.1 Å². The van der Waals surface area contributed by atoms with Crippen LogP contribution in [0.2, 0.25) is 0 Å². The first kappa shape index (κ1) is 19.6. The minimum atomic E-state index is -0.330. The highest BCUT2D eigenvalue weighted by atomic mass is 16.2. The lowest BCUT2D eigenvalue weighted by Crippen LogP contribution is -2.15. The number of aryl methyl sites for hydroxylation is 3. The Labute approximate surface area is 176 Å². The molecule has 5 nitrogen and oxygen atoms in total. The summed E-state index contributed by atoms with van der Waals surface area (Å²) in [6.45, 7) is 8.07. The molecule has 1 aromatic heterocycles. The largest absolute Gasteiger partial charge is 0.319 e. The van der Waals surface area contributed by atoms with E-state index >= 15 is 0 Å². The number of nitrogens with one attached hydrogen (secondary N) is 1. The van der Waals surface area contributed by atoms with E-state index in [9.17, 15) is 4.79 Å². The lowest BCUT2D eigenvalue weighted by molar-refractivity contribution is 0.101. The molecule has 0 aliphatic carbocycles. The summed E-state index contributed by atoms with van der Waals surface area (Å²) in [7, 11) is 0. The Kier molecular flexibility index (Phi) is 5.19. The molecule has 0 aliphatic rings. The Morgan fingerprint density at radius 2 is 1.60 bits per heavy atom. The molecule has 0 spiro atoms. The quantitative estimate of drug-likeness (QED) is 0.501. The van der Waals surface area contributed by atoms with E-state index in [1.165, 1.54) is 0 Å². The number of hydrogen-bond donors (Lipinski definition) is 1. The molecule has 0 bridgehead atoms. The lowest BCUT2D eigenvalue weighted by atomic mass is 10.1. The fraction of sp³-hybridized carbons (Fsp3) is 0.160. The van der Waals surface area contributed by atoms with Crippen LogP contribution in [0.15, 0.2) is 66.7 Å². The minimum Gasteiger partial charge on any atom is -0.319 e. The van der Waals surface area contributed by atoms with E-state index in [4.69, 9.17) is 0 Å². The van der Waals surface area contributed by atoms with E-state index in [1.807, 2.05) is 94.4 Å². The van der Waals surface area contributed by atoms with Crippen molar-refractivity contribution in [2.45, 2.75) is 27.7 Å². The van der Waals surface area contributed by atoms with Gasteiger partial charge in [0.2, 0.25) is 5.82 Å². The number of anilines is 1. The smallest absolute Gasteiger partial charge is 0.295 e. The van der Waals surface area contributed by atoms with Crippen LogP contribution in [0.4, 0.5) is 5.69 Å². The number of nitrogens with zero attached hydrogens (tertiary/aromatic N) is 3. The summed E-state index contributed by atoms with van der Waals surface area (Å²) in [5, 5.41) is 7.52. The van der Waals surface area contributed by atoms with E-state index in [1.54, 1.807) is 4.68 Å². The first-order valence-electron chi connectivity index (χ1n) is 9.91. The highest BCUT2D eigenvalue weighted by Gasteiger charge is 2.19. The minimum absolute atomic E-state index is 0.132. The van der Waals surface area contributed by atoms with Crippen molar-refractivity contribution in [1.82, 2.24) is 14.8 Å². The SMILES string of the molecule is Cc1ccc(-c2nc(C(=O)Nc3cccc(C)c3C)nn2-c2cccc(C)c2)cc1. The third-order valence-corrected chi connectivity index (χ3v) is 5.22. The molecule has 0 saturated heterocycles. The summed E-state index contributed by atoms with van der Waals surface area (Å²) in [4.78, 5) is 17.6. The normalized spacial score (nSPS) is 10.8. The van der Waals surface area contributed by atoms with E-state index in [-0.39, 0.29) is 11.7 Å². The highest BCUT2D eigenvalue weighted by molar-refractivity contribution is 6.02. The number of benzene rings is 3. The van der Waals surface area contributed by atoms with Crippen LogP contribution < -0.4 is 5.32 Å². The summed E-state index contributed by atoms with van der Waals surface area (Å²) < 4.78 is 1.73. The second-order valence-electron chi connectivity index (χ2n) is 7.58. The fourth-order valence-electron chi connectivity index (χ4n) is 3.30. The van der Waals surface area contributed by atoms with Crippen LogP contribution in [0.1, 0.15) is 32.9 Å². The summed E-state index contributed by atoms with van der Waals surface area (Å²) >= 11 is 0. The van der Waals surface area contributed by atoms with Gasteiger partial charge >= 0.3 is 0 Å². The van der Waals surface area contributed by atoms with Crippen molar-refractivity contribution in [3.63, 3.8) is 0 Å².